The van der Waals surface area contributed by atoms with E-state index in [9.17, 15) is 0 Å². The summed E-state index contributed by atoms with van der Waals surface area (Å²) in [6.45, 7) is 4.41. The summed E-state index contributed by atoms with van der Waals surface area (Å²) in [6, 6.07) is 5.74. The van der Waals surface area contributed by atoms with E-state index in [0.717, 1.165) is 16.3 Å². The van der Waals surface area contributed by atoms with Gasteiger partial charge in [-0.15, -0.1) is 0 Å². The van der Waals surface area contributed by atoms with Gasteiger partial charge in [0.05, 0.1) is 0 Å². The standard InChI is InChI=1S/C11H16ClN3O/c1-7-3-4-9(5-10(7)12)14-6-8(2)11(13)15-16/h3-5,8,14,16H,6H2,1-2H3,(H2,13,15). The van der Waals surface area contributed by atoms with Crippen molar-refractivity contribution in [1.82, 2.24) is 0 Å². The summed E-state index contributed by atoms with van der Waals surface area (Å²) in [4.78, 5) is 0. The average molecular weight is 242 g/mol. The number of hydrogen-bond acceptors (Lipinski definition) is 3. The number of nitrogens with two attached hydrogens (primary N) is 1. The second-order valence-corrected chi connectivity index (χ2v) is 4.18. The highest BCUT2D eigenvalue weighted by molar-refractivity contribution is 6.31. The SMILES string of the molecule is Cc1ccc(NCC(C)C(N)=NO)cc1Cl. The Morgan fingerprint density at radius 1 is 1.62 bits per heavy atom. The normalized spacial score (nSPS) is 13.6. The zero-order valence-corrected chi connectivity index (χ0v) is 10.1. The Hall–Kier alpha value is -1.42. The smallest absolute Gasteiger partial charge is 0.143 e. The molecule has 1 atom stereocenters. The molecule has 1 unspecified atom stereocenters. The summed E-state index contributed by atoms with van der Waals surface area (Å²) in [5.74, 6) is 0.177. The molecule has 5 heteroatoms. The molecule has 0 bridgehead atoms. The molecule has 16 heavy (non-hydrogen) atoms. The third kappa shape index (κ3) is 3.31. The molecule has 0 fully saturated rings. The second kappa shape index (κ2) is 5.61. The number of benzene rings is 1. The Morgan fingerprint density at radius 3 is 2.88 bits per heavy atom. The maximum atomic E-state index is 8.50. The Labute approximate surface area is 100 Å². The molecule has 0 aliphatic heterocycles. The molecule has 0 radical (unpaired) electrons. The van der Waals surface area contributed by atoms with Crippen molar-refractivity contribution in [2.75, 3.05) is 11.9 Å². The molecule has 0 saturated heterocycles. The van der Waals surface area contributed by atoms with Crippen LogP contribution in [-0.2, 0) is 0 Å². The van der Waals surface area contributed by atoms with E-state index in [1.54, 1.807) is 0 Å². The van der Waals surface area contributed by atoms with Gasteiger partial charge in [-0.3, -0.25) is 0 Å². The lowest BCUT2D eigenvalue weighted by atomic mass is 10.1. The van der Waals surface area contributed by atoms with Crippen molar-refractivity contribution in [3.63, 3.8) is 0 Å². The molecule has 0 aromatic heterocycles. The minimum Gasteiger partial charge on any atom is -0.409 e. The molecule has 0 amide bonds. The number of oxime groups is 1. The van der Waals surface area contributed by atoms with Crippen LogP contribution in [0.5, 0.6) is 0 Å². The molecule has 0 saturated carbocycles. The maximum absolute atomic E-state index is 8.50. The Morgan fingerprint density at radius 2 is 2.31 bits per heavy atom. The lowest BCUT2D eigenvalue weighted by Gasteiger charge is -2.12. The minimum absolute atomic E-state index is 0.0370. The molecule has 0 heterocycles. The highest BCUT2D eigenvalue weighted by Crippen LogP contribution is 2.20. The van der Waals surface area contributed by atoms with Gasteiger partial charge in [0, 0.05) is 23.2 Å². The number of amidine groups is 1. The molecule has 1 aromatic carbocycles. The Bertz CT molecular complexity index is 393. The van der Waals surface area contributed by atoms with Crippen LogP contribution in [0.25, 0.3) is 0 Å². The predicted octanol–water partition coefficient (Wildman–Crippen LogP) is 2.44. The van der Waals surface area contributed by atoms with Gasteiger partial charge < -0.3 is 16.3 Å². The largest absolute Gasteiger partial charge is 0.409 e. The molecule has 0 aliphatic carbocycles. The predicted molar refractivity (Wildman–Crippen MR) is 67.3 cm³/mol. The van der Waals surface area contributed by atoms with E-state index in [1.807, 2.05) is 32.0 Å². The number of aryl methyl sites for hydroxylation is 1. The Balaban J connectivity index is 2.58. The summed E-state index contributed by atoms with van der Waals surface area (Å²) >= 11 is 5.99. The molecule has 0 spiro atoms. The first-order valence-corrected chi connectivity index (χ1v) is 5.40. The van der Waals surface area contributed by atoms with E-state index in [4.69, 9.17) is 22.5 Å². The quantitative estimate of drug-likeness (QED) is 0.328. The van der Waals surface area contributed by atoms with E-state index in [2.05, 4.69) is 10.5 Å². The van der Waals surface area contributed by atoms with Crippen LogP contribution in [0, 0.1) is 12.8 Å². The number of nitrogens with one attached hydrogen (secondary N) is 1. The van der Waals surface area contributed by atoms with Crippen molar-refractivity contribution in [2.45, 2.75) is 13.8 Å². The van der Waals surface area contributed by atoms with Crippen molar-refractivity contribution < 1.29 is 5.21 Å². The van der Waals surface area contributed by atoms with Crippen LogP contribution in [0.1, 0.15) is 12.5 Å². The third-order valence-electron chi connectivity index (χ3n) is 2.40. The molecule has 4 nitrogen and oxygen atoms in total. The van der Waals surface area contributed by atoms with Gasteiger partial charge in [0.1, 0.15) is 5.84 Å². The lowest BCUT2D eigenvalue weighted by molar-refractivity contribution is 0.315. The molecular formula is C11H16ClN3O. The van der Waals surface area contributed by atoms with Gasteiger partial charge in [-0.05, 0) is 24.6 Å². The summed E-state index contributed by atoms with van der Waals surface area (Å²) in [6.07, 6.45) is 0. The third-order valence-corrected chi connectivity index (χ3v) is 2.81. The first kappa shape index (κ1) is 12.6. The van der Waals surface area contributed by atoms with Crippen LogP contribution in [0.15, 0.2) is 23.4 Å². The maximum Gasteiger partial charge on any atom is 0.143 e. The van der Waals surface area contributed by atoms with Crippen molar-refractivity contribution in [2.24, 2.45) is 16.8 Å². The number of nitrogens with zero attached hydrogens (tertiary/aromatic N) is 1. The van der Waals surface area contributed by atoms with Gasteiger partial charge >= 0.3 is 0 Å². The first-order valence-electron chi connectivity index (χ1n) is 5.02. The van der Waals surface area contributed by atoms with Crippen LogP contribution in [-0.4, -0.2) is 17.6 Å². The Kier molecular flexibility index (Phi) is 4.43. The topological polar surface area (TPSA) is 70.6 Å². The second-order valence-electron chi connectivity index (χ2n) is 3.77. The van der Waals surface area contributed by atoms with Gasteiger partial charge in [-0.25, -0.2) is 0 Å². The van der Waals surface area contributed by atoms with Gasteiger partial charge in [0.15, 0.2) is 0 Å². The molecule has 1 rings (SSSR count). The fourth-order valence-electron chi connectivity index (χ4n) is 1.18. The highest BCUT2D eigenvalue weighted by Gasteiger charge is 2.07. The van der Waals surface area contributed by atoms with Gasteiger partial charge in [-0.1, -0.05) is 29.7 Å². The van der Waals surface area contributed by atoms with Crippen LogP contribution in [0.2, 0.25) is 5.02 Å². The summed E-state index contributed by atoms with van der Waals surface area (Å²) in [7, 11) is 0. The molecule has 4 N–H and O–H groups in total. The molecular weight excluding hydrogens is 226 g/mol. The fraction of sp³-hybridized carbons (Fsp3) is 0.364. The molecule has 88 valence electrons. The van der Waals surface area contributed by atoms with E-state index in [-0.39, 0.29) is 11.8 Å². The van der Waals surface area contributed by atoms with Gasteiger partial charge in [-0.2, -0.15) is 0 Å². The number of anilines is 1. The van der Waals surface area contributed by atoms with Crippen LogP contribution in [0.3, 0.4) is 0 Å². The van der Waals surface area contributed by atoms with E-state index < -0.39 is 0 Å². The van der Waals surface area contributed by atoms with Crippen molar-refractivity contribution in [1.29, 1.82) is 0 Å². The number of hydrogen-bond donors (Lipinski definition) is 3. The zero-order valence-electron chi connectivity index (χ0n) is 9.37. The first-order chi connectivity index (χ1) is 7.54. The minimum atomic E-state index is -0.0370. The summed E-state index contributed by atoms with van der Waals surface area (Å²) in [5.41, 5.74) is 7.43. The molecule has 1 aromatic rings. The summed E-state index contributed by atoms with van der Waals surface area (Å²) in [5, 5.41) is 15.4. The van der Waals surface area contributed by atoms with Crippen LogP contribution >= 0.6 is 11.6 Å². The number of rotatable bonds is 4. The monoisotopic (exact) mass is 241 g/mol. The lowest BCUT2D eigenvalue weighted by Crippen LogP contribution is -2.27. The van der Waals surface area contributed by atoms with Gasteiger partial charge in [0.2, 0.25) is 0 Å². The van der Waals surface area contributed by atoms with Crippen molar-refractivity contribution >= 4 is 23.1 Å². The van der Waals surface area contributed by atoms with E-state index >= 15 is 0 Å². The fourth-order valence-corrected chi connectivity index (χ4v) is 1.36. The van der Waals surface area contributed by atoms with Crippen molar-refractivity contribution in [3.8, 4) is 0 Å². The zero-order chi connectivity index (χ0) is 12.1. The highest BCUT2D eigenvalue weighted by atomic mass is 35.5. The number of halogens is 1. The van der Waals surface area contributed by atoms with Gasteiger partial charge in [0.25, 0.3) is 0 Å². The van der Waals surface area contributed by atoms with E-state index in [1.165, 1.54) is 0 Å². The molecule has 0 aliphatic rings. The summed E-state index contributed by atoms with van der Waals surface area (Å²) < 4.78 is 0. The average Bonchev–Trinajstić information content (AvgIpc) is 2.29. The van der Waals surface area contributed by atoms with Crippen LogP contribution < -0.4 is 11.1 Å². The van der Waals surface area contributed by atoms with Crippen LogP contribution in [0.4, 0.5) is 5.69 Å². The van der Waals surface area contributed by atoms with E-state index in [0.29, 0.717) is 6.54 Å². The van der Waals surface area contributed by atoms with Crippen molar-refractivity contribution in [3.05, 3.63) is 28.8 Å².